The van der Waals surface area contributed by atoms with E-state index < -0.39 is 9.84 Å². The fourth-order valence-corrected chi connectivity index (χ4v) is 2.22. The molecule has 0 unspecified atom stereocenters. The van der Waals surface area contributed by atoms with Crippen LogP contribution in [0.25, 0.3) is 0 Å². The molecule has 13 heavy (non-hydrogen) atoms. The van der Waals surface area contributed by atoms with Crippen LogP contribution in [0, 0.1) is 0 Å². The van der Waals surface area contributed by atoms with Crippen molar-refractivity contribution in [2.45, 2.75) is 20.0 Å². The number of rotatable bonds is 3. The molecule has 0 aromatic rings. The zero-order valence-corrected chi connectivity index (χ0v) is 9.72. The van der Waals surface area contributed by atoms with E-state index in [9.17, 15) is 8.42 Å². The Labute approximate surface area is 85.7 Å². The molecule has 0 saturated carbocycles. The molecule has 0 amide bonds. The summed E-state index contributed by atoms with van der Waals surface area (Å²) in [5, 5.41) is 0.0630. The van der Waals surface area contributed by atoms with Gasteiger partial charge in [0.25, 0.3) is 0 Å². The molecule has 0 spiro atoms. The fraction of sp³-hybridized carbons (Fsp3) is 0.571. The molecule has 0 aliphatic carbocycles. The van der Waals surface area contributed by atoms with Crippen molar-refractivity contribution in [3.8, 4) is 0 Å². The Balaban J connectivity index is 2.67. The maximum absolute atomic E-state index is 11.4. The van der Waals surface area contributed by atoms with Crippen LogP contribution >= 0.6 is 15.9 Å². The Morgan fingerprint density at radius 3 is 2.62 bits per heavy atom. The second-order valence-corrected chi connectivity index (χ2v) is 6.12. The first kappa shape index (κ1) is 10.9. The number of aliphatic imine (C=N–C) groups is 1. The van der Waals surface area contributed by atoms with E-state index in [1.165, 1.54) is 6.20 Å². The molecule has 74 valence electrons. The molecule has 0 N–H and O–H groups in total. The molecule has 0 radical (unpaired) electrons. The Morgan fingerprint density at radius 1 is 1.62 bits per heavy atom. The quantitative estimate of drug-likeness (QED) is 0.778. The Bertz CT molecular complexity index is 356. The van der Waals surface area contributed by atoms with Crippen LogP contribution < -0.4 is 0 Å². The third kappa shape index (κ3) is 2.38. The molecule has 1 heterocycles. The lowest BCUT2D eigenvalue weighted by molar-refractivity contribution is 0.112. The van der Waals surface area contributed by atoms with Crippen LogP contribution in [0.4, 0.5) is 0 Å². The molecule has 6 heteroatoms. The highest BCUT2D eigenvalue weighted by atomic mass is 79.9. The van der Waals surface area contributed by atoms with Crippen LogP contribution in [0.15, 0.2) is 15.0 Å². The molecule has 0 saturated heterocycles. The standard InChI is InChI=1S/C7H10BrNO3S/c1-5(2)12-4-7-9-3-6(8)13(7,10)11/h3,5H,4H2,1-2H3. The highest BCUT2D eigenvalue weighted by Crippen LogP contribution is 2.22. The van der Waals surface area contributed by atoms with Crippen LogP contribution in [0.5, 0.6) is 0 Å². The van der Waals surface area contributed by atoms with Crippen LogP contribution in [-0.2, 0) is 14.6 Å². The largest absolute Gasteiger partial charge is 0.372 e. The van der Waals surface area contributed by atoms with E-state index in [2.05, 4.69) is 20.9 Å². The molecule has 1 rings (SSSR count). The van der Waals surface area contributed by atoms with Gasteiger partial charge in [-0.25, -0.2) is 13.4 Å². The van der Waals surface area contributed by atoms with Gasteiger partial charge in [0.1, 0.15) is 10.4 Å². The normalized spacial score (nSPS) is 20.3. The first-order chi connectivity index (χ1) is 5.94. The van der Waals surface area contributed by atoms with Crippen LogP contribution in [0.2, 0.25) is 0 Å². The number of ether oxygens (including phenoxy) is 1. The summed E-state index contributed by atoms with van der Waals surface area (Å²) in [7, 11) is -3.36. The van der Waals surface area contributed by atoms with Gasteiger partial charge in [0.15, 0.2) is 5.04 Å². The van der Waals surface area contributed by atoms with Crippen molar-refractivity contribution in [2.75, 3.05) is 6.61 Å². The Morgan fingerprint density at radius 2 is 2.23 bits per heavy atom. The van der Waals surface area contributed by atoms with Gasteiger partial charge in [-0.1, -0.05) is 0 Å². The van der Waals surface area contributed by atoms with Gasteiger partial charge in [0, 0.05) is 0 Å². The summed E-state index contributed by atoms with van der Waals surface area (Å²) in [6.07, 6.45) is 1.27. The second kappa shape index (κ2) is 3.89. The minimum Gasteiger partial charge on any atom is -0.372 e. The first-order valence-corrected chi connectivity index (χ1v) is 6.01. The van der Waals surface area contributed by atoms with E-state index >= 15 is 0 Å². The lowest BCUT2D eigenvalue weighted by atomic mass is 10.5. The van der Waals surface area contributed by atoms with Crippen molar-refractivity contribution in [2.24, 2.45) is 4.99 Å². The van der Waals surface area contributed by atoms with Gasteiger partial charge < -0.3 is 4.74 Å². The SMILES string of the molecule is CC(C)OCC1=NC=C(Br)S1(=O)=O. The Hall–Kier alpha value is -0.200. The van der Waals surface area contributed by atoms with Crippen molar-refractivity contribution < 1.29 is 13.2 Å². The van der Waals surface area contributed by atoms with E-state index in [0.717, 1.165) is 0 Å². The lowest BCUT2D eigenvalue weighted by Gasteiger charge is -2.06. The van der Waals surface area contributed by atoms with Crippen molar-refractivity contribution in [1.29, 1.82) is 0 Å². The van der Waals surface area contributed by atoms with Gasteiger partial charge in [-0.2, -0.15) is 0 Å². The fourth-order valence-electron chi connectivity index (χ4n) is 0.727. The monoisotopic (exact) mass is 267 g/mol. The number of halogens is 1. The molecule has 0 aromatic heterocycles. The summed E-state index contributed by atoms with van der Waals surface area (Å²) in [6.45, 7) is 3.71. The van der Waals surface area contributed by atoms with Crippen LogP contribution in [-0.4, -0.2) is 26.2 Å². The van der Waals surface area contributed by atoms with E-state index in [-0.39, 0.29) is 21.6 Å². The van der Waals surface area contributed by atoms with Gasteiger partial charge in [-0.05, 0) is 29.8 Å². The van der Waals surface area contributed by atoms with Crippen molar-refractivity contribution >= 4 is 30.8 Å². The summed E-state index contributed by atoms with van der Waals surface area (Å²) in [4.78, 5) is 3.74. The van der Waals surface area contributed by atoms with Gasteiger partial charge in [0.2, 0.25) is 9.84 Å². The van der Waals surface area contributed by atoms with E-state index in [0.29, 0.717) is 0 Å². The lowest BCUT2D eigenvalue weighted by Crippen LogP contribution is -2.19. The molecular formula is C7H10BrNO3S. The number of hydrogen-bond donors (Lipinski definition) is 0. The van der Waals surface area contributed by atoms with Gasteiger partial charge in [0.05, 0.1) is 12.3 Å². The summed E-state index contributed by atoms with van der Waals surface area (Å²) in [5.74, 6) is 0. The Kier molecular flexibility index (Phi) is 3.26. The molecule has 0 fully saturated rings. The molecular weight excluding hydrogens is 258 g/mol. The minimum atomic E-state index is -3.36. The summed E-state index contributed by atoms with van der Waals surface area (Å²) in [5.41, 5.74) is 0. The highest BCUT2D eigenvalue weighted by molar-refractivity contribution is 9.14. The van der Waals surface area contributed by atoms with Crippen molar-refractivity contribution in [3.05, 3.63) is 10.0 Å². The minimum absolute atomic E-state index is 0.00252. The third-order valence-electron chi connectivity index (χ3n) is 1.42. The summed E-state index contributed by atoms with van der Waals surface area (Å²) < 4.78 is 28.0. The smallest absolute Gasteiger partial charge is 0.230 e. The van der Waals surface area contributed by atoms with Crippen molar-refractivity contribution in [3.63, 3.8) is 0 Å². The first-order valence-electron chi connectivity index (χ1n) is 3.73. The van der Waals surface area contributed by atoms with Crippen molar-refractivity contribution in [1.82, 2.24) is 0 Å². The van der Waals surface area contributed by atoms with Crippen LogP contribution in [0.3, 0.4) is 0 Å². The molecule has 0 bridgehead atoms. The third-order valence-corrected chi connectivity index (χ3v) is 4.36. The molecule has 1 aliphatic rings. The maximum atomic E-state index is 11.4. The average Bonchev–Trinajstić information content (AvgIpc) is 2.25. The number of nitrogens with zero attached hydrogens (tertiary/aromatic N) is 1. The van der Waals surface area contributed by atoms with Gasteiger partial charge in [-0.3, -0.25) is 0 Å². The molecule has 0 aromatic carbocycles. The van der Waals surface area contributed by atoms with Crippen LogP contribution in [0.1, 0.15) is 13.8 Å². The number of hydrogen-bond acceptors (Lipinski definition) is 4. The topological polar surface area (TPSA) is 55.7 Å². The highest BCUT2D eigenvalue weighted by Gasteiger charge is 2.27. The maximum Gasteiger partial charge on any atom is 0.230 e. The van der Waals surface area contributed by atoms with Gasteiger partial charge >= 0.3 is 0 Å². The molecule has 4 nitrogen and oxygen atoms in total. The zero-order valence-electron chi connectivity index (χ0n) is 7.32. The van der Waals surface area contributed by atoms with E-state index in [4.69, 9.17) is 4.74 Å². The second-order valence-electron chi connectivity index (χ2n) is 2.82. The summed E-state index contributed by atoms with van der Waals surface area (Å²) >= 11 is 2.91. The van der Waals surface area contributed by atoms with Gasteiger partial charge in [-0.15, -0.1) is 0 Å². The average molecular weight is 268 g/mol. The van der Waals surface area contributed by atoms with E-state index in [1.54, 1.807) is 0 Å². The number of sulfone groups is 1. The molecule has 1 aliphatic heterocycles. The van der Waals surface area contributed by atoms with E-state index in [1.807, 2.05) is 13.8 Å². The predicted molar refractivity (Wildman–Crippen MR) is 54.5 cm³/mol. The molecule has 0 atom stereocenters. The predicted octanol–water partition coefficient (Wildman–Crippen LogP) is 1.43. The summed E-state index contributed by atoms with van der Waals surface area (Å²) in [6, 6.07) is 0. The zero-order chi connectivity index (χ0) is 10.1.